The maximum Gasteiger partial charge on any atom is 0.269 e. The maximum atomic E-state index is 12.5. The average Bonchev–Trinajstić information content (AvgIpc) is 2.91. The zero-order chi connectivity index (χ0) is 17.1. The number of hydrogen-bond acceptors (Lipinski definition) is 2. The number of aromatic amines is 1. The summed E-state index contributed by atoms with van der Waals surface area (Å²) in [5.41, 5.74) is 2.41. The number of amides is 1. The number of carbonyl (C=O) groups is 1. The van der Waals surface area contributed by atoms with Gasteiger partial charge in [0.15, 0.2) is 0 Å². The predicted molar refractivity (Wildman–Crippen MR) is 99.4 cm³/mol. The number of ether oxygens (including phenoxy) is 1. The van der Waals surface area contributed by atoms with Gasteiger partial charge in [-0.05, 0) is 41.9 Å². The summed E-state index contributed by atoms with van der Waals surface area (Å²) in [4.78, 5) is 15.7. The first-order chi connectivity index (χ1) is 11.6. The molecule has 0 unspecified atom stereocenters. The monoisotopic (exact) mass is 386 g/mol. The van der Waals surface area contributed by atoms with Crippen LogP contribution in [0.5, 0.6) is 5.75 Å². The predicted octanol–water partition coefficient (Wildman–Crippen LogP) is 4.65. The lowest BCUT2D eigenvalue weighted by Gasteiger charge is -2.14. The highest BCUT2D eigenvalue weighted by Gasteiger charge is 2.16. The lowest BCUT2D eigenvalue weighted by Crippen LogP contribution is -2.24. The molecule has 0 bridgehead atoms. The van der Waals surface area contributed by atoms with Gasteiger partial charge in [-0.1, -0.05) is 36.4 Å². The van der Waals surface area contributed by atoms with Gasteiger partial charge < -0.3 is 15.0 Å². The van der Waals surface area contributed by atoms with Crippen LogP contribution in [0.25, 0.3) is 10.9 Å². The van der Waals surface area contributed by atoms with Crippen molar-refractivity contribution >= 4 is 32.7 Å². The molecule has 124 valence electrons. The number of rotatable bonds is 5. The van der Waals surface area contributed by atoms with Crippen molar-refractivity contribution in [3.05, 3.63) is 64.3 Å². The minimum atomic E-state index is -0.155. The van der Waals surface area contributed by atoms with E-state index in [0.29, 0.717) is 12.2 Å². The molecule has 3 rings (SSSR count). The molecule has 2 N–H and O–H groups in total. The van der Waals surface area contributed by atoms with Crippen molar-refractivity contribution in [3.63, 3.8) is 0 Å². The standard InChI is InChI=1S/C19H19BrN2O2/c1-12(2)24-16-10-6-3-7-13(16)11-21-19(23)18-17(20)14-8-4-5-9-15(14)22-18/h3-10,12,22H,11H2,1-2H3,(H,21,23). The molecule has 0 atom stereocenters. The van der Waals surface area contributed by atoms with Crippen molar-refractivity contribution < 1.29 is 9.53 Å². The van der Waals surface area contributed by atoms with E-state index in [4.69, 9.17) is 4.74 Å². The zero-order valence-electron chi connectivity index (χ0n) is 13.6. The number of benzene rings is 2. The Kier molecular flexibility index (Phi) is 4.90. The van der Waals surface area contributed by atoms with Crippen LogP contribution in [-0.4, -0.2) is 17.0 Å². The molecule has 3 aromatic rings. The molecule has 0 aliphatic rings. The van der Waals surface area contributed by atoms with Crippen LogP contribution in [0, 0.1) is 0 Å². The first-order valence-electron chi connectivity index (χ1n) is 7.85. The largest absolute Gasteiger partial charge is 0.491 e. The molecule has 0 saturated heterocycles. The van der Waals surface area contributed by atoms with Crippen molar-refractivity contribution in [2.24, 2.45) is 0 Å². The highest BCUT2D eigenvalue weighted by Crippen LogP contribution is 2.27. The second-order valence-corrected chi connectivity index (χ2v) is 6.61. The number of halogens is 1. The third-order valence-electron chi connectivity index (χ3n) is 3.64. The van der Waals surface area contributed by atoms with Crippen LogP contribution >= 0.6 is 15.9 Å². The summed E-state index contributed by atoms with van der Waals surface area (Å²) in [7, 11) is 0. The van der Waals surface area contributed by atoms with E-state index in [1.807, 2.05) is 62.4 Å². The SMILES string of the molecule is CC(C)Oc1ccccc1CNC(=O)c1[nH]c2ccccc2c1Br. The fourth-order valence-electron chi connectivity index (χ4n) is 2.55. The van der Waals surface area contributed by atoms with Gasteiger partial charge in [-0.3, -0.25) is 4.79 Å². The van der Waals surface area contributed by atoms with Crippen molar-refractivity contribution in [3.8, 4) is 5.75 Å². The topological polar surface area (TPSA) is 54.1 Å². The van der Waals surface area contributed by atoms with E-state index < -0.39 is 0 Å². The van der Waals surface area contributed by atoms with Gasteiger partial charge in [-0.2, -0.15) is 0 Å². The van der Waals surface area contributed by atoms with E-state index in [9.17, 15) is 4.79 Å². The lowest BCUT2D eigenvalue weighted by atomic mass is 10.2. The van der Waals surface area contributed by atoms with Gasteiger partial charge in [0, 0.05) is 23.0 Å². The summed E-state index contributed by atoms with van der Waals surface area (Å²) in [6, 6.07) is 15.5. The molecule has 0 saturated carbocycles. The van der Waals surface area contributed by atoms with E-state index in [2.05, 4.69) is 26.2 Å². The first-order valence-corrected chi connectivity index (χ1v) is 8.64. The molecule has 1 amide bonds. The van der Waals surface area contributed by atoms with Crippen LogP contribution in [0.4, 0.5) is 0 Å². The molecule has 0 radical (unpaired) electrons. The van der Waals surface area contributed by atoms with Crippen molar-refractivity contribution in [1.29, 1.82) is 0 Å². The quantitative estimate of drug-likeness (QED) is 0.670. The normalized spacial score (nSPS) is 11.0. The van der Waals surface area contributed by atoms with Gasteiger partial charge in [0.25, 0.3) is 5.91 Å². The van der Waals surface area contributed by atoms with E-state index in [1.54, 1.807) is 0 Å². The molecule has 0 spiro atoms. The average molecular weight is 387 g/mol. The van der Waals surface area contributed by atoms with Gasteiger partial charge in [-0.25, -0.2) is 0 Å². The molecule has 0 aliphatic heterocycles. The zero-order valence-corrected chi connectivity index (χ0v) is 15.2. The smallest absolute Gasteiger partial charge is 0.269 e. The summed E-state index contributed by atoms with van der Waals surface area (Å²) in [6.45, 7) is 4.37. The van der Waals surface area contributed by atoms with Crippen molar-refractivity contribution in [1.82, 2.24) is 10.3 Å². The third-order valence-corrected chi connectivity index (χ3v) is 4.47. The fourth-order valence-corrected chi connectivity index (χ4v) is 3.17. The van der Waals surface area contributed by atoms with Crippen molar-refractivity contribution in [2.75, 3.05) is 0 Å². The number of nitrogens with one attached hydrogen (secondary N) is 2. The number of H-pyrrole nitrogens is 1. The summed E-state index contributed by atoms with van der Waals surface area (Å²) in [6.07, 6.45) is 0.0877. The Hall–Kier alpha value is -2.27. The van der Waals surface area contributed by atoms with Gasteiger partial charge in [0.2, 0.25) is 0 Å². The second kappa shape index (κ2) is 7.09. The van der Waals surface area contributed by atoms with Crippen LogP contribution in [0.2, 0.25) is 0 Å². The van der Waals surface area contributed by atoms with E-state index in [-0.39, 0.29) is 12.0 Å². The fraction of sp³-hybridized carbons (Fsp3) is 0.211. The van der Waals surface area contributed by atoms with Crippen LogP contribution in [0.3, 0.4) is 0 Å². The molecule has 1 heterocycles. The minimum Gasteiger partial charge on any atom is -0.491 e. The molecule has 0 aliphatic carbocycles. The number of hydrogen-bond donors (Lipinski definition) is 2. The Morgan fingerprint density at radius 3 is 2.62 bits per heavy atom. The Labute approximate surface area is 149 Å². The van der Waals surface area contributed by atoms with Crippen LogP contribution in [0.15, 0.2) is 53.0 Å². The Bertz CT molecular complexity index is 871. The Morgan fingerprint density at radius 2 is 1.88 bits per heavy atom. The van der Waals surface area contributed by atoms with E-state index in [0.717, 1.165) is 26.7 Å². The summed E-state index contributed by atoms with van der Waals surface area (Å²) < 4.78 is 6.57. The summed E-state index contributed by atoms with van der Waals surface area (Å²) in [5, 5.41) is 3.94. The van der Waals surface area contributed by atoms with Gasteiger partial charge in [-0.15, -0.1) is 0 Å². The van der Waals surface area contributed by atoms with E-state index >= 15 is 0 Å². The van der Waals surface area contributed by atoms with Crippen LogP contribution < -0.4 is 10.1 Å². The second-order valence-electron chi connectivity index (χ2n) is 5.82. The molecule has 1 aromatic heterocycles. The number of carbonyl (C=O) groups excluding carboxylic acids is 1. The number of para-hydroxylation sites is 2. The first kappa shape index (κ1) is 16.6. The summed E-state index contributed by atoms with van der Waals surface area (Å²) >= 11 is 3.51. The van der Waals surface area contributed by atoms with Gasteiger partial charge >= 0.3 is 0 Å². The Balaban J connectivity index is 1.77. The molecule has 24 heavy (non-hydrogen) atoms. The highest BCUT2D eigenvalue weighted by atomic mass is 79.9. The highest BCUT2D eigenvalue weighted by molar-refractivity contribution is 9.10. The molecule has 2 aromatic carbocycles. The van der Waals surface area contributed by atoms with Gasteiger partial charge in [0.05, 0.1) is 10.6 Å². The number of aromatic nitrogens is 1. The van der Waals surface area contributed by atoms with Crippen molar-refractivity contribution in [2.45, 2.75) is 26.5 Å². The molecule has 5 heteroatoms. The summed E-state index contributed by atoms with van der Waals surface area (Å²) in [5.74, 6) is 0.640. The Morgan fingerprint density at radius 1 is 1.17 bits per heavy atom. The lowest BCUT2D eigenvalue weighted by molar-refractivity contribution is 0.0945. The molecule has 0 fully saturated rings. The van der Waals surface area contributed by atoms with Crippen LogP contribution in [-0.2, 0) is 6.54 Å². The van der Waals surface area contributed by atoms with Gasteiger partial charge in [0.1, 0.15) is 11.4 Å². The minimum absolute atomic E-state index is 0.0877. The van der Waals surface area contributed by atoms with E-state index in [1.165, 1.54) is 0 Å². The molecular weight excluding hydrogens is 368 g/mol. The molecule has 4 nitrogen and oxygen atoms in total. The maximum absolute atomic E-state index is 12.5. The number of fused-ring (bicyclic) bond motifs is 1. The molecular formula is C19H19BrN2O2. The van der Waals surface area contributed by atoms with Crippen LogP contribution in [0.1, 0.15) is 29.9 Å². The third kappa shape index (κ3) is 3.46.